The lowest BCUT2D eigenvalue weighted by Crippen LogP contribution is -2.25. The molecule has 1 aromatic rings. The van der Waals surface area contributed by atoms with Gasteiger partial charge in [0.15, 0.2) is 0 Å². The van der Waals surface area contributed by atoms with Gasteiger partial charge in [0.2, 0.25) is 5.13 Å². The Labute approximate surface area is 111 Å². The molecule has 2 N–H and O–H groups in total. The number of hydrogen-bond acceptors (Lipinski definition) is 6. The lowest BCUT2D eigenvalue weighted by molar-refractivity contribution is -0.139. The molecule has 6 nitrogen and oxygen atoms in total. The Hall–Kier alpha value is -1.21. The zero-order chi connectivity index (χ0) is 13.8. The van der Waals surface area contributed by atoms with Gasteiger partial charge in [-0.3, -0.25) is 4.79 Å². The largest absolute Gasteiger partial charge is 0.481 e. The van der Waals surface area contributed by atoms with Crippen LogP contribution >= 0.6 is 11.5 Å². The van der Waals surface area contributed by atoms with Gasteiger partial charge in [0, 0.05) is 30.6 Å². The molecule has 1 atom stereocenters. The highest BCUT2D eigenvalue weighted by Crippen LogP contribution is 2.22. The van der Waals surface area contributed by atoms with E-state index in [1.165, 1.54) is 18.6 Å². The molecule has 0 saturated heterocycles. The van der Waals surface area contributed by atoms with Crippen LogP contribution in [0.1, 0.15) is 33.0 Å². The number of ether oxygens (including phenoxy) is 1. The summed E-state index contributed by atoms with van der Waals surface area (Å²) in [4.78, 5) is 14.9. The molecule has 0 fully saturated rings. The third-order valence-electron chi connectivity index (χ3n) is 2.31. The van der Waals surface area contributed by atoms with E-state index in [0.29, 0.717) is 11.7 Å². The van der Waals surface area contributed by atoms with Gasteiger partial charge in [-0.05, 0) is 0 Å². The summed E-state index contributed by atoms with van der Waals surface area (Å²) >= 11 is 1.27. The van der Waals surface area contributed by atoms with Crippen molar-refractivity contribution in [3.8, 4) is 0 Å². The number of anilines is 1. The quantitative estimate of drug-likeness (QED) is 0.821. The molecule has 102 valence electrons. The van der Waals surface area contributed by atoms with Crippen LogP contribution in [0.4, 0.5) is 5.13 Å². The lowest BCUT2D eigenvalue weighted by Gasteiger charge is -2.13. The van der Waals surface area contributed by atoms with Crippen molar-refractivity contribution in [2.45, 2.75) is 38.7 Å². The van der Waals surface area contributed by atoms with Gasteiger partial charge in [-0.2, -0.15) is 4.37 Å². The Balaban J connectivity index is 2.52. The number of carboxylic acids is 1. The van der Waals surface area contributed by atoms with E-state index in [-0.39, 0.29) is 17.9 Å². The number of nitrogens with zero attached hydrogens (tertiary/aromatic N) is 2. The minimum Gasteiger partial charge on any atom is -0.481 e. The third kappa shape index (κ3) is 4.58. The number of hydrogen-bond donors (Lipinski definition) is 2. The van der Waals surface area contributed by atoms with Crippen LogP contribution in [0.25, 0.3) is 0 Å². The van der Waals surface area contributed by atoms with Crippen LogP contribution in [-0.4, -0.2) is 40.2 Å². The first-order valence-electron chi connectivity index (χ1n) is 5.65. The first-order chi connectivity index (χ1) is 8.32. The van der Waals surface area contributed by atoms with Crippen molar-refractivity contribution in [2.75, 3.05) is 19.0 Å². The molecule has 0 aliphatic carbocycles. The van der Waals surface area contributed by atoms with Crippen LogP contribution in [0.5, 0.6) is 0 Å². The molecule has 1 aromatic heterocycles. The Morgan fingerprint density at radius 1 is 1.56 bits per heavy atom. The molecule has 7 heteroatoms. The molecule has 1 heterocycles. The van der Waals surface area contributed by atoms with Crippen molar-refractivity contribution in [3.05, 3.63) is 5.82 Å². The van der Waals surface area contributed by atoms with Crippen molar-refractivity contribution in [3.63, 3.8) is 0 Å². The zero-order valence-electron chi connectivity index (χ0n) is 11.1. The first kappa shape index (κ1) is 14.8. The molecule has 18 heavy (non-hydrogen) atoms. The zero-order valence-corrected chi connectivity index (χ0v) is 11.9. The smallest absolute Gasteiger partial charge is 0.306 e. The van der Waals surface area contributed by atoms with E-state index >= 15 is 0 Å². The lowest BCUT2D eigenvalue weighted by atomic mass is 9.96. The molecule has 0 amide bonds. The predicted octanol–water partition coefficient (Wildman–Crippen LogP) is 1.74. The highest BCUT2D eigenvalue weighted by molar-refractivity contribution is 7.09. The van der Waals surface area contributed by atoms with Gasteiger partial charge in [0.05, 0.1) is 12.5 Å². The second-order valence-electron chi connectivity index (χ2n) is 5.01. The summed E-state index contributed by atoms with van der Waals surface area (Å²) in [7, 11) is 1.50. The fourth-order valence-electron chi connectivity index (χ4n) is 1.23. The van der Waals surface area contributed by atoms with E-state index in [4.69, 9.17) is 9.84 Å². The molecule has 1 unspecified atom stereocenters. The van der Waals surface area contributed by atoms with Crippen molar-refractivity contribution in [1.82, 2.24) is 9.36 Å². The van der Waals surface area contributed by atoms with Gasteiger partial charge in [-0.1, -0.05) is 20.8 Å². The van der Waals surface area contributed by atoms with E-state index in [1.54, 1.807) is 0 Å². The predicted molar refractivity (Wildman–Crippen MR) is 70.1 cm³/mol. The minimum atomic E-state index is -0.878. The van der Waals surface area contributed by atoms with Crippen LogP contribution in [0.3, 0.4) is 0 Å². The molecular weight excluding hydrogens is 254 g/mol. The maximum atomic E-state index is 10.6. The van der Waals surface area contributed by atoms with Gasteiger partial charge in [0.25, 0.3) is 0 Å². The normalized spacial score (nSPS) is 13.3. The Morgan fingerprint density at radius 2 is 2.22 bits per heavy atom. The molecule has 0 spiro atoms. The van der Waals surface area contributed by atoms with Crippen LogP contribution in [0.15, 0.2) is 0 Å². The SMILES string of the molecule is COC(CNc1nc(C(C)(C)C)ns1)CC(=O)O. The molecule has 1 rings (SSSR count). The van der Waals surface area contributed by atoms with Crippen molar-refractivity contribution in [2.24, 2.45) is 0 Å². The second-order valence-corrected chi connectivity index (χ2v) is 5.76. The number of rotatable bonds is 6. The summed E-state index contributed by atoms with van der Waals surface area (Å²) in [5.41, 5.74) is -0.0852. The number of carbonyl (C=O) groups is 1. The molecule has 0 saturated carbocycles. The molecule has 0 radical (unpaired) electrons. The Kier molecular flexibility index (Phi) is 5.03. The van der Waals surface area contributed by atoms with Crippen LogP contribution < -0.4 is 5.32 Å². The average molecular weight is 273 g/mol. The first-order valence-corrected chi connectivity index (χ1v) is 6.43. The summed E-state index contributed by atoms with van der Waals surface area (Å²) in [5, 5.41) is 12.4. The van der Waals surface area contributed by atoms with E-state index in [2.05, 4.69) is 14.7 Å². The Bertz CT molecular complexity index is 400. The van der Waals surface area contributed by atoms with E-state index in [0.717, 1.165) is 5.82 Å². The van der Waals surface area contributed by atoms with Gasteiger partial charge < -0.3 is 15.2 Å². The molecular formula is C11H19N3O3S. The fourth-order valence-corrected chi connectivity index (χ4v) is 2.00. The van der Waals surface area contributed by atoms with Gasteiger partial charge in [-0.15, -0.1) is 0 Å². The van der Waals surface area contributed by atoms with Crippen molar-refractivity contribution < 1.29 is 14.6 Å². The van der Waals surface area contributed by atoms with Crippen molar-refractivity contribution in [1.29, 1.82) is 0 Å². The summed E-state index contributed by atoms with van der Waals surface area (Å²) in [6.07, 6.45) is -0.404. The topological polar surface area (TPSA) is 84.3 Å². The fraction of sp³-hybridized carbons (Fsp3) is 0.727. The second kappa shape index (κ2) is 6.10. The third-order valence-corrected chi connectivity index (χ3v) is 2.99. The minimum absolute atomic E-state index is 0.0333. The summed E-state index contributed by atoms with van der Waals surface area (Å²) in [5.74, 6) is -0.0986. The molecule has 0 bridgehead atoms. The van der Waals surface area contributed by atoms with Crippen LogP contribution in [0.2, 0.25) is 0 Å². The maximum Gasteiger partial charge on any atom is 0.306 e. The molecule has 0 aliphatic heterocycles. The van der Waals surface area contributed by atoms with Gasteiger partial charge in [0.1, 0.15) is 5.82 Å². The number of aromatic nitrogens is 2. The summed E-state index contributed by atoms with van der Waals surface area (Å²) in [6, 6.07) is 0. The van der Waals surface area contributed by atoms with E-state index in [9.17, 15) is 4.79 Å². The highest BCUT2D eigenvalue weighted by atomic mass is 32.1. The van der Waals surface area contributed by atoms with E-state index < -0.39 is 5.97 Å². The molecule has 0 aliphatic rings. The standard InChI is InChI=1S/C11H19N3O3S/c1-11(2,3)9-13-10(18-14-9)12-6-7(17-4)5-8(15)16/h7H,5-6H2,1-4H3,(H,15,16)(H,12,13,14). The Morgan fingerprint density at radius 3 is 2.67 bits per heavy atom. The van der Waals surface area contributed by atoms with Crippen molar-refractivity contribution >= 4 is 22.6 Å². The number of nitrogens with one attached hydrogen (secondary N) is 1. The monoisotopic (exact) mass is 273 g/mol. The maximum absolute atomic E-state index is 10.6. The van der Waals surface area contributed by atoms with Crippen LogP contribution in [0, 0.1) is 0 Å². The highest BCUT2D eigenvalue weighted by Gasteiger charge is 2.20. The van der Waals surface area contributed by atoms with Gasteiger partial charge >= 0.3 is 5.97 Å². The summed E-state index contributed by atoms with van der Waals surface area (Å²) < 4.78 is 9.33. The number of carboxylic acid groups (broad SMARTS) is 1. The number of methoxy groups -OCH3 is 1. The summed E-state index contributed by atoms with van der Waals surface area (Å²) in [6.45, 7) is 6.53. The average Bonchev–Trinajstić information content (AvgIpc) is 2.71. The van der Waals surface area contributed by atoms with Crippen LogP contribution in [-0.2, 0) is 14.9 Å². The van der Waals surface area contributed by atoms with Gasteiger partial charge in [-0.25, -0.2) is 4.98 Å². The number of aliphatic carboxylic acids is 1. The molecule has 0 aromatic carbocycles. The van der Waals surface area contributed by atoms with E-state index in [1.807, 2.05) is 20.8 Å².